The number of benzene rings is 1. The average molecular weight is 509 g/mol. The predicted octanol–water partition coefficient (Wildman–Crippen LogP) is 4.80. The Hall–Kier alpha value is -2.45. The van der Waals surface area contributed by atoms with Gasteiger partial charge in [-0.2, -0.15) is 0 Å². The fourth-order valence-electron chi connectivity index (χ4n) is 6.93. The zero-order chi connectivity index (χ0) is 27.2. The van der Waals surface area contributed by atoms with Crippen LogP contribution in [0, 0.1) is 28.1 Å². The van der Waals surface area contributed by atoms with Crippen LogP contribution in [0.2, 0.25) is 0 Å². The Morgan fingerprint density at radius 3 is 2.73 bits per heavy atom. The van der Waals surface area contributed by atoms with Crippen LogP contribution < -0.4 is 10.8 Å². The van der Waals surface area contributed by atoms with E-state index in [2.05, 4.69) is 25.7 Å². The molecule has 8 heteroatoms. The van der Waals surface area contributed by atoms with Gasteiger partial charge in [0.05, 0.1) is 6.61 Å². The highest BCUT2D eigenvalue weighted by Gasteiger charge is 2.58. The third-order valence-corrected chi connectivity index (χ3v) is 9.88. The molecule has 1 aliphatic heterocycles. The average Bonchev–Trinajstić information content (AvgIpc) is 3.22. The molecule has 3 aliphatic rings. The molecule has 1 amide bonds. The van der Waals surface area contributed by atoms with Crippen molar-refractivity contribution in [2.75, 3.05) is 5.32 Å². The molecule has 0 unspecified atom stereocenters. The molecule has 2 fully saturated rings. The largest absolute Gasteiger partial charge is 0.491 e. The number of hydrogen-bond acceptors (Lipinski definition) is 6. The molecule has 2 aliphatic carbocycles. The van der Waals surface area contributed by atoms with E-state index >= 15 is 0 Å². The summed E-state index contributed by atoms with van der Waals surface area (Å²) in [6.07, 6.45) is 4.52. The van der Waals surface area contributed by atoms with Crippen molar-refractivity contribution in [1.29, 1.82) is 0 Å². The Morgan fingerprint density at radius 1 is 1.32 bits per heavy atom. The van der Waals surface area contributed by atoms with Crippen molar-refractivity contribution < 1.29 is 28.8 Å². The number of ether oxygens (including phenoxy) is 1. The monoisotopic (exact) mass is 509 g/mol. The van der Waals surface area contributed by atoms with Crippen molar-refractivity contribution in [1.82, 2.24) is 0 Å². The molecule has 7 nitrogen and oxygen atoms in total. The topological polar surface area (TPSA) is 102 Å². The summed E-state index contributed by atoms with van der Waals surface area (Å²) in [5, 5.41) is 12.8. The molecule has 2 saturated carbocycles. The van der Waals surface area contributed by atoms with E-state index in [-0.39, 0.29) is 34.2 Å². The molecule has 4 rings (SSSR count). The van der Waals surface area contributed by atoms with Crippen LogP contribution in [0.25, 0.3) is 0 Å². The molecule has 2 N–H and O–H groups in total. The summed E-state index contributed by atoms with van der Waals surface area (Å²) in [6, 6.07) is 5.28. The van der Waals surface area contributed by atoms with Crippen molar-refractivity contribution >= 4 is 35.9 Å². The van der Waals surface area contributed by atoms with Gasteiger partial charge in [0.25, 0.3) is 0 Å². The van der Waals surface area contributed by atoms with E-state index in [4.69, 9.17) is 9.39 Å². The van der Waals surface area contributed by atoms with Crippen LogP contribution in [0.4, 0.5) is 10.5 Å². The van der Waals surface area contributed by atoms with Gasteiger partial charge < -0.3 is 19.2 Å². The first kappa shape index (κ1) is 27.6. The molecule has 0 saturated heterocycles. The number of allylic oxidation sites excluding steroid dienone is 1. The molecule has 1 heterocycles. The summed E-state index contributed by atoms with van der Waals surface area (Å²) < 4.78 is 11.4. The fraction of sp³-hybridized carbons (Fsp3) is 0.621. The second-order valence-electron chi connectivity index (χ2n) is 12.2. The lowest BCUT2D eigenvalue weighted by Gasteiger charge is -2.58. The number of carbonyl (C=O) groups excluding carboxylic acids is 3. The molecule has 0 spiro atoms. The Labute approximate surface area is 220 Å². The summed E-state index contributed by atoms with van der Waals surface area (Å²) in [5.74, 6) is 0.262. The zero-order valence-corrected chi connectivity index (χ0v) is 22.8. The lowest BCUT2D eigenvalue weighted by molar-refractivity contribution is -0.156. The quantitative estimate of drug-likeness (QED) is 0.422. The molecule has 0 aromatic heterocycles. The predicted molar refractivity (Wildman–Crippen MR) is 143 cm³/mol. The third kappa shape index (κ3) is 5.02. The Bertz CT molecular complexity index is 1110. The number of fused-ring (bicyclic) bond motifs is 3. The number of Topliss-reactive ketones (excluding diaryl/α,β-unsaturated/α-hetero) is 2. The van der Waals surface area contributed by atoms with Crippen molar-refractivity contribution in [3.8, 4) is 0 Å². The van der Waals surface area contributed by atoms with E-state index in [0.717, 1.165) is 24.8 Å². The smallest absolute Gasteiger partial charge is 0.445 e. The van der Waals surface area contributed by atoms with Crippen LogP contribution in [0.3, 0.4) is 0 Å². The van der Waals surface area contributed by atoms with E-state index < -0.39 is 24.7 Å². The molecule has 6 atom stereocenters. The summed E-state index contributed by atoms with van der Waals surface area (Å²) in [7, 11) is -1.01. The number of carbonyl (C=O) groups is 3. The number of ketones is 2. The second-order valence-corrected chi connectivity index (χ2v) is 12.2. The number of anilines is 1. The highest BCUT2D eigenvalue weighted by Crippen LogP contribution is 2.61. The van der Waals surface area contributed by atoms with Crippen molar-refractivity contribution in [3.05, 3.63) is 36.4 Å². The molecule has 1 aromatic rings. The summed E-state index contributed by atoms with van der Waals surface area (Å²) in [5.41, 5.74) is 0.445. The Morgan fingerprint density at radius 2 is 2.05 bits per heavy atom. The van der Waals surface area contributed by atoms with E-state index in [9.17, 15) is 19.4 Å². The molecule has 2 bridgehead atoms. The van der Waals surface area contributed by atoms with Gasteiger partial charge in [0.1, 0.15) is 17.7 Å². The highest BCUT2D eigenvalue weighted by atomic mass is 16.6. The van der Waals surface area contributed by atoms with Gasteiger partial charge in [-0.3, -0.25) is 10.1 Å². The lowest BCUT2D eigenvalue weighted by atomic mass is 9.47. The van der Waals surface area contributed by atoms with Gasteiger partial charge in [-0.25, -0.2) is 4.79 Å². The number of amides is 1. The molecule has 1 aromatic carbocycles. The van der Waals surface area contributed by atoms with Gasteiger partial charge >= 0.3 is 13.2 Å². The second kappa shape index (κ2) is 10.0. The van der Waals surface area contributed by atoms with E-state index in [1.54, 1.807) is 25.1 Å². The van der Waals surface area contributed by atoms with Crippen molar-refractivity contribution in [2.24, 2.45) is 28.1 Å². The number of hydrogen-bond donors (Lipinski definition) is 2. The van der Waals surface area contributed by atoms with Crippen molar-refractivity contribution in [3.63, 3.8) is 0 Å². The highest BCUT2D eigenvalue weighted by molar-refractivity contribution is 6.61. The molecular weight excluding hydrogens is 469 g/mol. The minimum atomic E-state index is -1.01. The van der Waals surface area contributed by atoms with E-state index in [0.29, 0.717) is 37.0 Å². The standard InChI is InChI=1S/C29H40BNO6/c1-7-27(5)15-24(37-26(34)31-22-9-8-21-16-36-30(35)23(21)14-22)28(6)17-29(12-10-18(28)2,13-11-19(3)32)20(4)25(27)33/h7-9,14,18,20,24,35H,1,10-13,15-17H2,2-6H3,(H,31,34)/t18-,20+,24-,27-,28+,29-/m1/s1. The minimum absolute atomic E-state index is 0.101. The van der Waals surface area contributed by atoms with Gasteiger partial charge in [-0.05, 0) is 74.0 Å². The number of nitrogens with one attached hydrogen (secondary N) is 1. The molecule has 200 valence electrons. The SMILES string of the molecule is C=C[C@]1(C)C[C@@H](OC(=O)Nc2ccc3c(c2)B(O)OC3)[C@@]2(C)C[C@](CCC(C)=O)(CC[C@H]2C)[C@@H](C)C1=O. The first-order chi connectivity index (χ1) is 17.3. The first-order valence-corrected chi connectivity index (χ1v) is 13.4. The van der Waals surface area contributed by atoms with Gasteiger partial charge in [-0.15, -0.1) is 6.58 Å². The first-order valence-electron chi connectivity index (χ1n) is 13.4. The molecule has 0 radical (unpaired) electrons. The van der Waals surface area contributed by atoms with Gasteiger partial charge in [0, 0.05) is 35.3 Å². The van der Waals surface area contributed by atoms with E-state index in [1.165, 1.54) is 0 Å². The van der Waals surface area contributed by atoms with Crippen LogP contribution in [-0.2, 0) is 25.6 Å². The maximum Gasteiger partial charge on any atom is 0.491 e. The van der Waals surface area contributed by atoms with Crippen LogP contribution in [0.5, 0.6) is 0 Å². The summed E-state index contributed by atoms with van der Waals surface area (Å²) in [4.78, 5) is 39.1. The van der Waals surface area contributed by atoms with Gasteiger partial charge in [0.15, 0.2) is 0 Å². The van der Waals surface area contributed by atoms with Crippen LogP contribution >= 0.6 is 0 Å². The summed E-state index contributed by atoms with van der Waals surface area (Å²) >= 11 is 0. The van der Waals surface area contributed by atoms with Crippen molar-refractivity contribution in [2.45, 2.75) is 85.9 Å². The van der Waals surface area contributed by atoms with Gasteiger partial charge in [-0.1, -0.05) is 32.9 Å². The van der Waals surface area contributed by atoms with Crippen LogP contribution in [0.1, 0.15) is 78.7 Å². The summed E-state index contributed by atoms with van der Waals surface area (Å²) in [6.45, 7) is 14.2. The van der Waals surface area contributed by atoms with Crippen LogP contribution in [-0.4, -0.2) is 35.9 Å². The normalized spacial score (nSPS) is 35.2. The van der Waals surface area contributed by atoms with Gasteiger partial charge in [0.2, 0.25) is 0 Å². The Balaban J connectivity index is 1.65. The fourth-order valence-corrected chi connectivity index (χ4v) is 6.93. The Kier molecular flexibility index (Phi) is 7.48. The van der Waals surface area contributed by atoms with E-state index in [1.807, 2.05) is 19.9 Å². The van der Waals surface area contributed by atoms with Crippen LogP contribution in [0.15, 0.2) is 30.9 Å². The maximum absolute atomic E-state index is 13.9. The number of rotatable bonds is 6. The third-order valence-electron chi connectivity index (χ3n) is 9.88. The molecular formula is C29H40BNO6. The zero-order valence-electron chi connectivity index (χ0n) is 22.8. The lowest BCUT2D eigenvalue weighted by Crippen LogP contribution is -2.57. The maximum atomic E-state index is 13.9. The minimum Gasteiger partial charge on any atom is -0.445 e. The molecule has 37 heavy (non-hydrogen) atoms.